The summed E-state index contributed by atoms with van der Waals surface area (Å²) in [5, 5.41) is 2.83. The lowest BCUT2D eigenvalue weighted by Crippen LogP contribution is -2.15. The quantitative estimate of drug-likeness (QED) is 0.788. The fraction of sp³-hybridized carbons (Fsp3) is 0.385. The second-order valence-corrected chi connectivity index (χ2v) is 4.09. The van der Waals surface area contributed by atoms with Crippen molar-refractivity contribution in [1.82, 2.24) is 0 Å². The van der Waals surface area contributed by atoms with Gasteiger partial charge in [-0.3, -0.25) is 9.59 Å². The van der Waals surface area contributed by atoms with Crippen LogP contribution in [0.4, 0.5) is 5.69 Å². The number of rotatable bonds is 4. The van der Waals surface area contributed by atoms with Crippen molar-refractivity contribution in [3.05, 3.63) is 29.8 Å². The molecule has 1 aromatic carbocycles. The van der Waals surface area contributed by atoms with Gasteiger partial charge in [-0.2, -0.15) is 0 Å². The summed E-state index contributed by atoms with van der Waals surface area (Å²) < 4.78 is 0. The number of ketones is 1. The molecule has 0 radical (unpaired) electrons. The van der Waals surface area contributed by atoms with E-state index in [1.54, 1.807) is 12.1 Å². The first kappa shape index (κ1) is 10.9. The van der Waals surface area contributed by atoms with E-state index in [-0.39, 0.29) is 17.6 Å². The van der Waals surface area contributed by atoms with E-state index in [9.17, 15) is 9.59 Å². The van der Waals surface area contributed by atoms with Crippen molar-refractivity contribution >= 4 is 17.4 Å². The van der Waals surface area contributed by atoms with Crippen LogP contribution in [0.2, 0.25) is 0 Å². The highest BCUT2D eigenvalue weighted by molar-refractivity contribution is 6.05. The molecule has 84 valence electrons. The van der Waals surface area contributed by atoms with E-state index in [0.717, 1.165) is 12.8 Å². The number of hydrogen-bond donors (Lipinski definition) is 1. The highest BCUT2D eigenvalue weighted by Crippen LogP contribution is 2.30. The molecule has 3 heteroatoms. The van der Waals surface area contributed by atoms with Gasteiger partial charge in [-0.05, 0) is 25.0 Å². The Kier molecular flexibility index (Phi) is 3.04. The van der Waals surface area contributed by atoms with Crippen molar-refractivity contribution in [2.24, 2.45) is 5.92 Å². The summed E-state index contributed by atoms with van der Waals surface area (Å²) in [5.41, 5.74) is 1.25. The fourth-order valence-corrected chi connectivity index (χ4v) is 1.61. The molecule has 0 unspecified atom stereocenters. The van der Waals surface area contributed by atoms with Crippen LogP contribution in [0, 0.1) is 5.92 Å². The minimum Gasteiger partial charge on any atom is -0.325 e. The number of Topliss-reactive ketones (excluding diaryl/α,β-unsaturated/α-hetero) is 1. The van der Waals surface area contributed by atoms with Crippen LogP contribution < -0.4 is 5.32 Å². The summed E-state index contributed by atoms with van der Waals surface area (Å²) in [6.45, 7) is 1.82. The average Bonchev–Trinajstić information content (AvgIpc) is 3.12. The normalized spacial score (nSPS) is 14.6. The highest BCUT2D eigenvalue weighted by Gasteiger charge is 2.30. The minimum absolute atomic E-state index is 0.0383. The Morgan fingerprint density at radius 3 is 2.62 bits per heavy atom. The zero-order valence-corrected chi connectivity index (χ0v) is 9.32. The van der Waals surface area contributed by atoms with Crippen LogP contribution in [-0.4, -0.2) is 11.7 Å². The largest absolute Gasteiger partial charge is 0.325 e. The van der Waals surface area contributed by atoms with Crippen molar-refractivity contribution in [3.63, 3.8) is 0 Å². The van der Waals surface area contributed by atoms with Gasteiger partial charge in [0.1, 0.15) is 0 Å². The maximum atomic E-state index is 11.6. The van der Waals surface area contributed by atoms with Gasteiger partial charge in [0, 0.05) is 17.9 Å². The lowest BCUT2D eigenvalue weighted by atomic mass is 10.1. The fourth-order valence-electron chi connectivity index (χ4n) is 1.61. The van der Waals surface area contributed by atoms with Crippen molar-refractivity contribution in [1.29, 1.82) is 0 Å². The number of nitrogens with one attached hydrogen (secondary N) is 1. The molecule has 0 spiro atoms. The van der Waals surface area contributed by atoms with E-state index in [0.29, 0.717) is 17.7 Å². The van der Waals surface area contributed by atoms with Gasteiger partial charge in [-0.15, -0.1) is 0 Å². The van der Waals surface area contributed by atoms with Crippen LogP contribution in [0.3, 0.4) is 0 Å². The average molecular weight is 217 g/mol. The second-order valence-electron chi connectivity index (χ2n) is 4.09. The zero-order chi connectivity index (χ0) is 11.5. The molecule has 0 bridgehead atoms. The van der Waals surface area contributed by atoms with Crippen LogP contribution in [-0.2, 0) is 4.79 Å². The Hall–Kier alpha value is -1.64. The van der Waals surface area contributed by atoms with Crippen molar-refractivity contribution < 1.29 is 9.59 Å². The molecule has 0 aliphatic heterocycles. The Balaban J connectivity index is 2.18. The van der Waals surface area contributed by atoms with Crippen LogP contribution in [0.1, 0.15) is 36.5 Å². The van der Waals surface area contributed by atoms with Crippen LogP contribution in [0.5, 0.6) is 0 Å². The van der Waals surface area contributed by atoms with Crippen LogP contribution in [0.25, 0.3) is 0 Å². The minimum atomic E-state index is 0.0383. The SMILES string of the molecule is CCC(=O)c1ccccc1NC(=O)C1CC1. The third kappa shape index (κ3) is 2.30. The molecule has 1 amide bonds. The van der Waals surface area contributed by atoms with E-state index in [2.05, 4.69) is 5.32 Å². The monoisotopic (exact) mass is 217 g/mol. The van der Waals surface area contributed by atoms with E-state index in [1.807, 2.05) is 19.1 Å². The predicted molar refractivity (Wildman–Crippen MR) is 62.4 cm³/mol. The van der Waals surface area contributed by atoms with E-state index in [1.165, 1.54) is 0 Å². The molecule has 1 fully saturated rings. The summed E-state index contributed by atoms with van der Waals surface area (Å²) in [7, 11) is 0. The lowest BCUT2D eigenvalue weighted by Gasteiger charge is -2.08. The number of benzene rings is 1. The molecule has 2 rings (SSSR count). The number of carbonyl (C=O) groups excluding carboxylic acids is 2. The van der Waals surface area contributed by atoms with Gasteiger partial charge < -0.3 is 5.32 Å². The first-order valence-electron chi connectivity index (χ1n) is 5.65. The number of para-hydroxylation sites is 1. The number of anilines is 1. The summed E-state index contributed by atoms with van der Waals surface area (Å²) in [6.07, 6.45) is 2.39. The second kappa shape index (κ2) is 4.47. The molecule has 1 aliphatic rings. The zero-order valence-electron chi connectivity index (χ0n) is 9.32. The molecule has 0 atom stereocenters. The van der Waals surface area contributed by atoms with Gasteiger partial charge in [0.25, 0.3) is 0 Å². The maximum Gasteiger partial charge on any atom is 0.227 e. The van der Waals surface area contributed by atoms with E-state index < -0.39 is 0 Å². The van der Waals surface area contributed by atoms with E-state index in [4.69, 9.17) is 0 Å². The summed E-state index contributed by atoms with van der Waals surface area (Å²) in [4.78, 5) is 23.3. The topological polar surface area (TPSA) is 46.2 Å². The van der Waals surface area contributed by atoms with Gasteiger partial charge in [0.05, 0.1) is 5.69 Å². The predicted octanol–water partition coefficient (Wildman–Crippen LogP) is 2.63. The van der Waals surface area contributed by atoms with E-state index >= 15 is 0 Å². The highest BCUT2D eigenvalue weighted by atomic mass is 16.2. The summed E-state index contributed by atoms with van der Waals surface area (Å²) >= 11 is 0. The van der Waals surface area contributed by atoms with Gasteiger partial charge >= 0.3 is 0 Å². The molecule has 3 nitrogen and oxygen atoms in total. The molecule has 0 saturated heterocycles. The van der Waals surface area contributed by atoms with Crippen LogP contribution >= 0.6 is 0 Å². The molecule has 1 saturated carbocycles. The first-order chi connectivity index (χ1) is 7.72. The Bertz CT molecular complexity index is 422. The van der Waals surface area contributed by atoms with Gasteiger partial charge in [0.15, 0.2) is 5.78 Å². The number of hydrogen-bond acceptors (Lipinski definition) is 2. The third-order valence-electron chi connectivity index (χ3n) is 2.75. The number of amides is 1. The van der Waals surface area contributed by atoms with Gasteiger partial charge in [0.2, 0.25) is 5.91 Å². The smallest absolute Gasteiger partial charge is 0.227 e. The molecule has 1 N–H and O–H groups in total. The Labute approximate surface area is 94.9 Å². The summed E-state index contributed by atoms with van der Waals surface area (Å²) in [6, 6.07) is 7.18. The first-order valence-corrected chi connectivity index (χ1v) is 5.65. The maximum absolute atomic E-state index is 11.6. The van der Waals surface area contributed by atoms with Gasteiger partial charge in [-0.1, -0.05) is 19.1 Å². The molecule has 0 aromatic heterocycles. The van der Waals surface area contributed by atoms with Gasteiger partial charge in [-0.25, -0.2) is 0 Å². The van der Waals surface area contributed by atoms with Crippen molar-refractivity contribution in [2.45, 2.75) is 26.2 Å². The molecule has 0 heterocycles. The summed E-state index contributed by atoms with van der Waals surface area (Å²) in [5.74, 6) is 0.257. The number of carbonyl (C=O) groups is 2. The molecular formula is C13H15NO2. The van der Waals surface area contributed by atoms with Crippen LogP contribution in [0.15, 0.2) is 24.3 Å². The Morgan fingerprint density at radius 1 is 1.31 bits per heavy atom. The molecule has 1 aliphatic carbocycles. The Morgan fingerprint density at radius 2 is 2.00 bits per heavy atom. The van der Waals surface area contributed by atoms with Crippen molar-refractivity contribution in [3.8, 4) is 0 Å². The molecular weight excluding hydrogens is 202 g/mol. The molecule has 16 heavy (non-hydrogen) atoms. The lowest BCUT2D eigenvalue weighted by molar-refractivity contribution is -0.117. The molecule has 1 aromatic rings. The standard InChI is InChI=1S/C13H15NO2/c1-2-12(15)10-5-3-4-6-11(10)14-13(16)9-7-8-9/h3-6,9H,2,7-8H2,1H3,(H,14,16). The third-order valence-corrected chi connectivity index (χ3v) is 2.75. The van der Waals surface area contributed by atoms with Crippen molar-refractivity contribution in [2.75, 3.05) is 5.32 Å².